The Kier molecular flexibility index (Phi) is 16.1. The number of aromatic amines is 2. The van der Waals surface area contributed by atoms with Crippen molar-refractivity contribution < 1.29 is 14.2 Å². The van der Waals surface area contributed by atoms with Crippen LogP contribution in [0.5, 0.6) is 17.2 Å². The number of aromatic nitrogens is 10. The van der Waals surface area contributed by atoms with Crippen LogP contribution in [0.15, 0.2) is 175 Å². The third-order valence-electron chi connectivity index (χ3n) is 11.9. The predicted octanol–water partition coefficient (Wildman–Crippen LogP) is 12.0. The summed E-state index contributed by atoms with van der Waals surface area (Å²) in [6, 6.07) is 57.8. The fraction of sp³-hybridized carbons (Fsp3) is 0.214. The van der Waals surface area contributed by atoms with E-state index in [1.54, 1.807) is 11.8 Å². The summed E-state index contributed by atoms with van der Waals surface area (Å²) in [7, 11) is 0. The van der Waals surface area contributed by atoms with Gasteiger partial charge in [0.2, 0.25) is 0 Å². The van der Waals surface area contributed by atoms with Crippen molar-refractivity contribution in [2.45, 2.75) is 81.8 Å². The number of aryl methyl sites for hydroxylation is 2. The molecule has 0 aliphatic carbocycles. The standard InChI is InChI=1S/C28H27N5O2.C28H27N5OS/c1-20(12-15-28-30-32-33-31-28)23-8-5-10-26(17-23)34-18-21-6-4-9-25(16-21)35-19-24-14-13-22-7-2-3-11-27(22)29-24;1-20(12-15-28-30-32-33-31-28)23-8-5-9-25(17-23)34-18-21-6-4-10-26(16-21)35-19-24-14-13-22-7-2-3-11-27(22)29-24/h2*2-11,13-14,16-17,20H,12,15,18-19H2,1H3,(H,30,31,32,33). The fourth-order valence-electron chi connectivity index (χ4n) is 7.90. The number of hydrogen-bond donors (Lipinski definition) is 2. The van der Waals surface area contributed by atoms with Gasteiger partial charge in [-0.25, -0.2) is 4.98 Å². The van der Waals surface area contributed by atoms with E-state index < -0.39 is 0 Å². The molecule has 6 aromatic carbocycles. The van der Waals surface area contributed by atoms with E-state index in [1.165, 1.54) is 21.4 Å². The van der Waals surface area contributed by atoms with Crippen LogP contribution in [0.2, 0.25) is 0 Å². The molecule has 0 radical (unpaired) electrons. The molecule has 10 rings (SSSR count). The molecule has 4 aromatic heterocycles. The number of nitrogens with zero attached hydrogens (tertiary/aromatic N) is 8. The number of tetrazole rings is 2. The van der Waals surface area contributed by atoms with Gasteiger partial charge in [-0.2, -0.15) is 10.4 Å². The summed E-state index contributed by atoms with van der Waals surface area (Å²) in [6.07, 6.45) is 3.47. The minimum Gasteiger partial charge on any atom is -0.489 e. The Balaban J connectivity index is 0.000000174. The third kappa shape index (κ3) is 13.6. The summed E-state index contributed by atoms with van der Waals surface area (Å²) >= 11 is 1.79. The van der Waals surface area contributed by atoms with Gasteiger partial charge in [0.1, 0.15) is 37.1 Å². The zero-order valence-corrected chi connectivity index (χ0v) is 40.0. The van der Waals surface area contributed by atoms with Gasteiger partial charge in [-0.05, 0) is 120 Å². The number of pyridine rings is 2. The molecule has 0 aliphatic rings. The topological polar surface area (TPSA) is 162 Å². The number of fused-ring (bicyclic) bond motifs is 2. The van der Waals surface area contributed by atoms with Gasteiger partial charge < -0.3 is 14.2 Å². The predicted molar refractivity (Wildman–Crippen MR) is 274 cm³/mol. The molecule has 0 amide bonds. The monoisotopic (exact) mass is 946 g/mol. The summed E-state index contributed by atoms with van der Waals surface area (Å²) in [5.74, 6) is 5.58. The van der Waals surface area contributed by atoms with E-state index in [4.69, 9.17) is 19.2 Å². The average Bonchev–Trinajstić information content (AvgIpc) is 4.16. The Morgan fingerprint density at radius 3 is 1.56 bits per heavy atom. The van der Waals surface area contributed by atoms with Crippen LogP contribution in [0.25, 0.3) is 21.8 Å². The summed E-state index contributed by atoms with van der Waals surface area (Å²) in [6.45, 7) is 5.82. The Labute approximate surface area is 411 Å². The minimum atomic E-state index is 0.359. The number of para-hydroxylation sites is 2. The van der Waals surface area contributed by atoms with Gasteiger partial charge >= 0.3 is 0 Å². The highest BCUT2D eigenvalue weighted by Gasteiger charge is 2.12. The first-order valence-electron chi connectivity index (χ1n) is 23.5. The van der Waals surface area contributed by atoms with Crippen LogP contribution < -0.4 is 14.2 Å². The Hall–Kier alpha value is -7.97. The van der Waals surface area contributed by atoms with Crippen LogP contribution >= 0.6 is 11.8 Å². The van der Waals surface area contributed by atoms with E-state index in [0.717, 1.165) is 99.3 Å². The summed E-state index contributed by atoms with van der Waals surface area (Å²) in [4.78, 5) is 10.7. The second kappa shape index (κ2) is 23.8. The minimum absolute atomic E-state index is 0.359. The summed E-state index contributed by atoms with van der Waals surface area (Å²) in [5, 5.41) is 30.7. The first-order valence-corrected chi connectivity index (χ1v) is 24.5. The van der Waals surface area contributed by atoms with E-state index in [2.05, 4.69) is 151 Å². The van der Waals surface area contributed by atoms with Gasteiger partial charge in [0.05, 0.1) is 22.4 Å². The second-order valence-electron chi connectivity index (χ2n) is 17.1. The number of rotatable bonds is 20. The van der Waals surface area contributed by atoms with Crippen LogP contribution in [0, 0.1) is 0 Å². The van der Waals surface area contributed by atoms with Crippen LogP contribution in [-0.2, 0) is 38.4 Å². The number of ether oxygens (including phenoxy) is 3. The molecule has 0 saturated carbocycles. The van der Waals surface area contributed by atoms with Crippen LogP contribution in [0.4, 0.5) is 0 Å². The zero-order chi connectivity index (χ0) is 47.7. The molecular formula is C56H54N10O3S. The lowest BCUT2D eigenvalue weighted by atomic mass is 9.96. The largest absolute Gasteiger partial charge is 0.489 e. The molecule has 0 saturated heterocycles. The number of H-pyrrole nitrogens is 2. The number of benzene rings is 6. The quantitative estimate of drug-likeness (QED) is 0.0697. The molecule has 14 heteroatoms. The smallest absolute Gasteiger partial charge is 0.174 e. The van der Waals surface area contributed by atoms with Crippen molar-refractivity contribution >= 4 is 33.6 Å². The Morgan fingerprint density at radius 2 is 0.971 bits per heavy atom. The lowest BCUT2D eigenvalue weighted by Gasteiger charge is -2.13. The molecule has 352 valence electrons. The molecule has 2 unspecified atom stereocenters. The van der Waals surface area contributed by atoms with Gasteiger partial charge in [-0.1, -0.05) is 121 Å². The molecule has 0 spiro atoms. The highest BCUT2D eigenvalue weighted by Crippen LogP contribution is 2.28. The molecule has 0 fully saturated rings. The van der Waals surface area contributed by atoms with Crippen molar-refractivity contribution in [3.05, 3.63) is 215 Å². The maximum Gasteiger partial charge on any atom is 0.174 e. The van der Waals surface area contributed by atoms with E-state index in [-0.39, 0.29) is 0 Å². The molecule has 4 heterocycles. The van der Waals surface area contributed by atoms with E-state index in [1.807, 2.05) is 78.9 Å². The second-order valence-corrected chi connectivity index (χ2v) is 18.2. The number of nitrogens with one attached hydrogen (secondary N) is 2. The van der Waals surface area contributed by atoms with E-state index in [0.29, 0.717) is 31.7 Å². The maximum absolute atomic E-state index is 6.14. The third-order valence-corrected chi connectivity index (χ3v) is 13.0. The zero-order valence-electron chi connectivity index (χ0n) is 39.2. The van der Waals surface area contributed by atoms with Gasteiger partial charge in [-0.3, -0.25) is 4.98 Å². The van der Waals surface area contributed by atoms with Crippen molar-refractivity contribution in [3.8, 4) is 17.2 Å². The van der Waals surface area contributed by atoms with Gasteiger partial charge in [0, 0.05) is 34.3 Å². The summed E-state index contributed by atoms with van der Waals surface area (Å²) in [5.41, 5.74) is 8.67. The highest BCUT2D eigenvalue weighted by molar-refractivity contribution is 7.98. The fourth-order valence-corrected chi connectivity index (χ4v) is 8.78. The molecule has 0 bridgehead atoms. The first kappa shape index (κ1) is 47.1. The van der Waals surface area contributed by atoms with Crippen LogP contribution in [0.1, 0.15) is 83.8 Å². The molecule has 13 nitrogen and oxygen atoms in total. The van der Waals surface area contributed by atoms with Crippen LogP contribution in [0.3, 0.4) is 0 Å². The number of hydrogen-bond acceptors (Lipinski definition) is 12. The van der Waals surface area contributed by atoms with Gasteiger partial charge in [0.25, 0.3) is 0 Å². The van der Waals surface area contributed by atoms with E-state index >= 15 is 0 Å². The molecule has 10 aromatic rings. The van der Waals surface area contributed by atoms with E-state index in [9.17, 15) is 0 Å². The Bertz CT molecular complexity index is 2990. The summed E-state index contributed by atoms with van der Waals surface area (Å²) < 4.78 is 18.2. The Morgan fingerprint density at radius 1 is 0.471 bits per heavy atom. The van der Waals surface area contributed by atoms with Crippen molar-refractivity contribution in [2.75, 3.05) is 0 Å². The molecule has 0 aliphatic heterocycles. The molecule has 2 atom stereocenters. The van der Waals surface area contributed by atoms with Crippen molar-refractivity contribution in [1.82, 2.24) is 51.2 Å². The normalized spacial score (nSPS) is 12.0. The maximum atomic E-state index is 6.14. The first-order chi connectivity index (χ1) is 34.5. The highest BCUT2D eigenvalue weighted by atomic mass is 32.2. The van der Waals surface area contributed by atoms with Crippen molar-refractivity contribution in [1.29, 1.82) is 0 Å². The molecule has 2 N–H and O–H groups in total. The lowest BCUT2D eigenvalue weighted by molar-refractivity contribution is 0.293. The molecular weight excluding hydrogens is 893 g/mol. The lowest BCUT2D eigenvalue weighted by Crippen LogP contribution is -2.01. The van der Waals surface area contributed by atoms with Crippen molar-refractivity contribution in [2.24, 2.45) is 0 Å². The SMILES string of the molecule is CC(CCc1nn[nH]n1)c1cccc(OCc2cccc(OCc3ccc4ccccc4n3)c2)c1.CC(CCc1nn[nH]n1)c1cccc(OCc2cccc(SCc3ccc4ccccc4n3)c2)c1. The van der Waals surface area contributed by atoms with Gasteiger partial charge in [0.15, 0.2) is 11.6 Å². The van der Waals surface area contributed by atoms with Crippen molar-refractivity contribution in [3.63, 3.8) is 0 Å². The molecule has 70 heavy (non-hydrogen) atoms. The number of thioether (sulfide) groups is 1. The average molecular weight is 947 g/mol. The van der Waals surface area contributed by atoms with Gasteiger partial charge in [-0.15, -0.1) is 32.2 Å². The van der Waals surface area contributed by atoms with Crippen LogP contribution in [-0.4, -0.2) is 51.2 Å².